The number of thiophene rings is 1. The molecule has 0 saturated heterocycles. The Morgan fingerprint density at radius 2 is 2.19 bits per heavy atom. The van der Waals surface area contributed by atoms with Crippen molar-refractivity contribution in [3.8, 4) is 17.6 Å². The Labute approximate surface area is 127 Å². The van der Waals surface area contributed by atoms with Crippen molar-refractivity contribution in [2.75, 3.05) is 13.7 Å². The highest BCUT2D eigenvalue weighted by Crippen LogP contribution is 2.18. The number of carbonyl (C=O) groups is 1. The molecular weight excluding hydrogens is 286 g/mol. The second-order valence-corrected chi connectivity index (χ2v) is 5.47. The van der Waals surface area contributed by atoms with Gasteiger partial charge in [-0.3, -0.25) is 4.79 Å². The molecule has 2 aromatic rings. The molecule has 0 aliphatic carbocycles. The predicted octanol–water partition coefficient (Wildman–Crippen LogP) is 2.07. The normalized spacial score (nSPS) is 9.81. The fourth-order valence-corrected chi connectivity index (χ4v) is 2.70. The van der Waals surface area contributed by atoms with Gasteiger partial charge in [0.05, 0.1) is 6.54 Å². The van der Waals surface area contributed by atoms with Gasteiger partial charge in [-0.2, -0.15) is 0 Å². The summed E-state index contributed by atoms with van der Waals surface area (Å²) >= 11 is 1.52. The maximum Gasteiger partial charge on any atom is 0.254 e. The lowest BCUT2D eigenvalue weighted by atomic mass is 10.2. The topological polar surface area (TPSA) is 60.8 Å². The number of aliphatic hydroxyl groups is 1. The van der Waals surface area contributed by atoms with E-state index in [4.69, 9.17) is 5.11 Å². The van der Waals surface area contributed by atoms with Crippen LogP contribution in [0.2, 0.25) is 0 Å². The average molecular weight is 301 g/mol. The summed E-state index contributed by atoms with van der Waals surface area (Å²) in [6, 6.07) is 8.20. The summed E-state index contributed by atoms with van der Waals surface area (Å²) < 4.78 is 0. The van der Waals surface area contributed by atoms with Gasteiger partial charge in [0.15, 0.2) is 0 Å². The van der Waals surface area contributed by atoms with Gasteiger partial charge < -0.3 is 15.1 Å². The number of benzene rings is 1. The van der Waals surface area contributed by atoms with E-state index in [1.54, 1.807) is 24.1 Å². The number of hydrogen-bond donors (Lipinski definition) is 2. The van der Waals surface area contributed by atoms with Crippen LogP contribution in [0.3, 0.4) is 0 Å². The van der Waals surface area contributed by atoms with Crippen molar-refractivity contribution < 1.29 is 15.0 Å². The number of nitrogens with zero attached hydrogens (tertiary/aromatic N) is 1. The molecule has 1 amide bonds. The summed E-state index contributed by atoms with van der Waals surface area (Å²) in [5, 5.41) is 20.0. The van der Waals surface area contributed by atoms with Crippen molar-refractivity contribution in [3.63, 3.8) is 0 Å². The highest BCUT2D eigenvalue weighted by molar-refractivity contribution is 7.10. The van der Waals surface area contributed by atoms with E-state index in [0.29, 0.717) is 12.1 Å². The number of hydrogen-bond acceptors (Lipinski definition) is 4. The standard InChI is InChI=1S/C16H15NO3S/c1-17(16(20)13-5-2-6-14(19)9-13)10-15-8-12(11-21-15)4-3-7-18/h2,5-6,8-9,11,18-19H,7,10H2,1H3. The third kappa shape index (κ3) is 4.09. The molecule has 0 atom stereocenters. The third-order valence-electron chi connectivity index (χ3n) is 2.80. The van der Waals surface area contributed by atoms with Crippen molar-refractivity contribution >= 4 is 17.2 Å². The van der Waals surface area contributed by atoms with Gasteiger partial charge in [0.25, 0.3) is 5.91 Å². The van der Waals surface area contributed by atoms with E-state index in [2.05, 4.69) is 11.8 Å². The van der Waals surface area contributed by atoms with E-state index in [0.717, 1.165) is 10.4 Å². The largest absolute Gasteiger partial charge is 0.508 e. The smallest absolute Gasteiger partial charge is 0.254 e. The van der Waals surface area contributed by atoms with Crippen LogP contribution in [0.1, 0.15) is 20.8 Å². The van der Waals surface area contributed by atoms with Crippen LogP contribution in [0.25, 0.3) is 0 Å². The number of phenols is 1. The molecule has 108 valence electrons. The third-order valence-corrected chi connectivity index (χ3v) is 3.72. The second kappa shape index (κ2) is 6.93. The average Bonchev–Trinajstić information content (AvgIpc) is 2.91. The predicted molar refractivity (Wildman–Crippen MR) is 82.2 cm³/mol. The second-order valence-electron chi connectivity index (χ2n) is 4.47. The molecule has 4 nitrogen and oxygen atoms in total. The molecule has 0 aliphatic rings. The summed E-state index contributed by atoms with van der Waals surface area (Å²) in [5.74, 6) is 5.35. The Hall–Kier alpha value is -2.29. The van der Waals surface area contributed by atoms with Gasteiger partial charge >= 0.3 is 0 Å². The van der Waals surface area contributed by atoms with Crippen LogP contribution in [-0.2, 0) is 6.54 Å². The Kier molecular flexibility index (Phi) is 4.99. The first-order valence-corrected chi connectivity index (χ1v) is 7.19. The molecule has 0 spiro atoms. The number of aromatic hydroxyl groups is 1. The quantitative estimate of drug-likeness (QED) is 0.853. The lowest BCUT2D eigenvalue weighted by Gasteiger charge is -2.16. The van der Waals surface area contributed by atoms with Crippen LogP contribution in [0.5, 0.6) is 5.75 Å². The Balaban J connectivity index is 2.05. The first-order chi connectivity index (χ1) is 10.1. The van der Waals surface area contributed by atoms with Crippen molar-refractivity contribution in [3.05, 3.63) is 51.7 Å². The van der Waals surface area contributed by atoms with E-state index in [-0.39, 0.29) is 18.3 Å². The van der Waals surface area contributed by atoms with Crippen LogP contribution in [-0.4, -0.2) is 34.7 Å². The zero-order chi connectivity index (χ0) is 15.2. The number of carbonyl (C=O) groups excluding carboxylic acids is 1. The van der Waals surface area contributed by atoms with E-state index >= 15 is 0 Å². The maximum absolute atomic E-state index is 12.2. The summed E-state index contributed by atoms with van der Waals surface area (Å²) in [6.45, 7) is 0.307. The summed E-state index contributed by atoms with van der Waals surface area (Å²) in [6.07, 6.45) is 0. The first kappa shape index (κ1) is 15.1. The van der Waals surface area contributed by atoms with E-state index in [1.165, 1.54) is 23.5 Å². The summed E-state index contributed by atoms with van der Waals surface area (Å²) in [5.41, 5.74) is 1.29. The van der Waals surface area contributed by atoms with Gasteiger partial charge in [-0.25, -0.2) is 0 Å². The van der Waals surface area contributed by atoms with Crippen molar-refractivity contribution in [2.24, 2.45) is 0 Å². The molecule has 0 saturated carbocycles. The SMILES string of the molecule is CN(Cc1cc(C#CCO)cs1)C(=O)c1cccc(O)c1. The van der Waals surface area contributed by atoms with Gasteiger partial charge in [0, 0.05) is 28.4 Å². The van der Waals surface area contributed by atoms with Crippen LogP contribution < -0.4 is 0 Å². The fourth-order valence-electron chi connectivity index (χ4n) is 1.84. The molecule has 21 heavy (non-hydrogen) atoms. The highest BCUT2D eigenvalue weighted by Gasteiger charge is 2.13. The molecule has 0 aliphatic heterocycles. The van der Waals surface area contributed by atoms with Gasteiger partial charge in [-0.05, 0) is 24.3 Å². The molecule has 2 N–H and O–H groups in total. The van der Waals surface area contributed by atoms with E-state index in [9.17, 15) is 9.90 Å². The van der Waals surface area contributed by atoms with Gasteiger partial charge in [-0.15, -0.1) is 11.3 Å². The monoisotopic (exact) mass is 301 g/mol. The number of aliphatic hydroxyl groups excluding tert-OH is 1. The minimum atomic E-state index is -0.166. The highest BCUT2D eigenvalue weighted by atomic mass is 32.1. The van der Waals surface area contributed by atoms with Gasteiger partial charge in [0.2, 0.25) is 0 Å². The number of phenolic OH excluding ortho intramolecular Hbond substituents is 1. The number of rotatable bonds is 3. The van der Waals surface area contributed by atoms with Crippen LogP contribution >= 0.6 is 11.3 Å². The lowest BCUT2D eigenvalue weighted by molar-refractivity contribution is 0.0786. The molecule has 1 aromatic carbocycles. The van der Waals surface area contributed by atoms with Crippen molar-refractivity contribution in [2.45, 2.75) is 6.54 Å². The fraction of sp³-hybridized carbons (Fsp3) is 0.188. The molecule has 0 fully saturated rings. The van der Waals surface area contributed by atoms with Crippen LogP contribution in [0.15, 0.2) is 35.7 Å². The van der Waals surface area contributed by atoms with Gasteiger partial charge in [-0.1, -0.05) is 17.9 Å². The molecule has 1 aromatic heterocycles. The minimum Gasteiger partial charge on any atom is -0.508 e. The molecular formula is C16H15NO3S. The Bertz CT molecular complexity index is 697. The van der Waals surface area contributed by atoms with Crippen molar-refractivity contribution in [1.82, 2.24) is 4.90 Å². The summed E-state index contributed by atoms with van der Waals surface area (Å²) in [7, 11) is 1.71. The van der Waals surface area contributed by atoms with E-state index in [1.807, 2.05) is 11.4 Å². The number of amides is 1. The zero-order valence-electron chi connectivity index (χ0n) is 11.5. The molecule has 2 rings (SSSR count). The zero-order valence-corrected chi connectivity index (χ0v) is 12.4. The van der Waals surface area contributed by atoms with E-state index < -0.39 is 0 Å². The van der Waals surface area contributed by atoms with Crippen molar-refractivity contribution in [1.29, 1.82) is 0 Å². The Morgan fingerprint density at radius 1 is 1.38 bits per heavy atom. The molecule has 0 radical (unpaired) electrons. The summed E-state index contributed by atoms with van der Waals surface area (Å²) in [4.78, 5) is 14.8. The molecule has 0 bridgehead atoms. The maximum atomic E-state index is 12.2. The molecule has 0 unspecified atom stereocenters. The Morgan fingerprint density at radius 3 is 2.90 bits per heavy atom. The lowest BCUT2D eigenvalue weighted by Crippen LogP contribution is -2.25. The first-order valence-electron chi connectivity index (χ1n) is 6.32. The van der Waals surface area contributed by atoms with Gasteiger partial charge in [0.1, 0.15) is 12.4 Å². The van der Waals surface area contributed by atoms with Crippen LogP contribution in [0.4, 0.5) is 0 Å². The minimum absolute atomic E-state index is 0.0759. The molecule has 5 heteroatoms. The van der Waals surface area contributed by atoms with Crippen LogP contribution in [0, 0.1) is 11.8 Å². The molecule has 1 heterocycles.